The van der Waals surface area contributed by atoms with E-state index < -0.39 is 0 Å². The molecule has 0 bridgehead atoms. The van der Waals surface area contributed by atoms with Gasteiger partial charge in [-0.3, -0.25) is 5.41 Å². The van der Waals surface area contributed by atoms with Crippen LogP contribution in [0.1, 0.15) is 6.92 Å². The van der Waals surface area contributed by atoms with Crippen molar-refractivity contribution < 1.29 is 0 Å². The third kappa shape index (κ3) is 5.10. The highest BCUT2D eigenvalue weighted by atomic mass is 35.5. The Morgan fingerprint density at radius 1 is 1.89 bits per heavy atom. The van der Waals surface area contributed by atoms with E-state index >= 15 is 0 Å². The van der Waals surface area contributed by atoms with Gasteiger partial charge in [0.1, 0.15) is 0 Å². The van der Waals surface area contributed by atoms with Crippen molar-refractivity contribution in [1.29, 1.82) is 5.41 Å². The Morgan fingerprint density at radius 3 is 2.78 bits per heavy atom. The lowest BCUT2D eigenvalue weighted by atomic mass is 10.5. The number of rotatable bonds is 2. The molecule has 0 fully saturated rings. The third-order valence-corrected chi connectivity index (χ3v) is 0.947. The van der Waals surface area contributed by atoms with Gasteiger partial charge in [0, 0.05) is 5.71 Å². The lowest BCUT2D eigenvalue weighted by molar-refractivity contribution is 0.990. The molecule has 0 saturated carbocycles. The van der Waals surface area contributed by atoms with Gasteiger partial charge in [0.2, 0.25) is 5.96 Å². The van der Waals surface area contributed by atoms with Crippen molar-refractivity contribution in [3.8, 4) is 0 Å². The minimum Gasteiger partial charge on any atom is -0.369 e. The van der Waals surface area contributed by atoms with Crippen LogP contribution in [0.25, 0.3) is 0 Å². The van der Waals surface area contributed by atoms with Gasteiger partial charge in [-0.05, 0) is 6.92 Å². The zero-order valence-corrected chi connectivity index (χ0v) is 5.87. The molecule has 0 aliphatic heterocycles. The molecule has 0 aromatic carbocycles. The summed E-state index contributed by atoms with van der Waals surface area (Å²) in [6.45, 7) is 1.74. The molecular formula is C4H9ClN4. The van der Waals surface area contributed by atoms with Gasteiger partial charge in [-0.1, -0.05) is 0 Å². The summed E-state index contributed by atoms with van der Waals surface area (Å²) in [5.41, 5.74) is 7.88. The number of hydrogen-bond donors (Lipinski definition) is 3. The Bertz CT molecular complexity index is 131. The number of nitrogens with one attached hydrogen (secondary N) is 2. The maximum Gasteiger partial charge on any atom is 0.206 e. The summed E-state index contributed by atoms with van der Waals surface area (Å²) in [4.78, 5) is 0. The van der Waals surface area contributed by atoms with Gasteiger partial charge in [0.05, 0.1) is 5.88 Å². The molecular weight excluding hydrogens is 140 g/mol. The van der Waals surface area contributed by atoms with E-state index in [1.54, 1.807) is 6.92 Å². The molecule has 0 amide bonds. The highest BCUT2D eigenvalue weighted by Gasteiger charge is 1.85. The fraction of sp³-hybridized carbons (Fsp3) is 0.500. The van der Waals surface area contributed by atoms with E-state index in [9.17, 15) is 0 Å². The molecule has 52 valence electrons. The van der Waals surface area contributed by atoms with Crippen LogP contribution in [0.4, 0.5) is 0 Å². The number of hydrogen-bond acceptors (Lipinski definition) is 2. The lowest BCUT2D eigenvalue weighted by Crippen LogP contribution is -2.26. The van der Waals surface area contributed by atoms with Crippen LogP contribution in [0.5, 0.6) is 0 Å². The van der Waals surface area contributed by atoms with Crippen LogP contribution in [0.2, 0.25) is 0 Å². The molecule has 4 N–H and O–H groups in total. The number of halogens is 1. The van der Waals surface area contributed by atoms with E-state index in [1.165, 1.54) is 0 Å². The molecule has 5 heteroatoms. The van der Waals surface area contributed by atoms with Crippen molar-refractivity contribution in [3.05, 3.63) is 0 Å². The van der Waals surface area contributed by atoms with Crippen LogP contribution >= 0.6 is 11.6 Å². The second-order valence-corrected chi connectivity index (χ2v) is 1.77. The predicted octanol–water partition coefficient (Wildman–Crippen LogP) is 0.0842. The summed E-state index contributed by atoms with van der Waals surface area (Å²) in [6.07, 6.45) is 0. The Balaban J connectivity index is 3.56. The second kappa shape index (κ2) is 4.14. The minimum atomic E-state index is -0.181. The first-order valence-corrected chi connectivity index (χ1v) is 2.89. The highest BCUT2D eigenvalue weighted by Crippen LogP contribution is 1.78. The van der Waals surface area contributed by atoms with Gasteiger partial charge in [-0.2, -0.15) is 5.10 Å². The van der Waals surface area contributed by atoms with Crippen molar-refractivity contribution in [3.63, 3.8) is 0 Å². The number of nitrogens with zero attached hydrogens (tertiary/aromatic N) is 1. The smallest absolute Gasteiger partial charge is 0.206 e. The molecule has 0 atom stereocenters. The second-order valence-electron chi connectivity index (χ2n) is 1.51. The molecule has 0 aromatic heterocycles. The first-order valence-electron chi connectivity index (χ1n) is 2.36. The zero-order chi connectivity index (χ0) is 7.28. The van der Waals surface area contributed by atoms with Crippen molar-refractivity contribution in [2.75, 3.05) is 5.88 Å². The van der Waals surface area contributed by atoms with Gasteiger partial charge in [0.15, 0.2) is 0 Å². The lowest BCUT2D eigenvalue weighted by Gasteiger charge is -1.95. The van der Waals surface area contributed by atoms with E-state index in [-0.39, 0.29) is 5.96 Å². The van der Waals surface area contributed by atoms with Gasteiger partial charge in [-0.25, -0.2) is 5.43 Å². The summed E-state index contributed by atoms with van der Waals surface area (Å²) in [6, 6.07) is 0. The first kappa shape index (κ1) is 8.23. The minimum absolute atomic E-state index is 0.181. The largest absolute Gasteiger partial charge is 0.369 e. The fourth-order valence-electron chi connectivity index (χ4n) is 0.186. The predicted molar refractivity (Wildman–Crippen MR) is 38.9 cm³/mol. The van der Waals surface area contributed by atoms with Gasteiger partial charge in [-0.15, -0.1) is 11.6 Å². The molecule has 0 aliphatic rings. The highest BCUT2D eigenvalue weighted by molar-refractivity contribution is 6.28. The molecule has 0 aliphatic carbocycles. The van der Waals surface area contributed by atoms with E-state index in [0.717, 1.165) is 0 Å². The summed E-state index contributed by atoms with van der Waals surface area (Å²) < 4.78 is 0. The van der Waals surface area contributed by atoms with Crippen LogP contribution in [0.15, 0.2) is 5.10 Å². The van der Waals surface area contributed by atoms with Crippen molar-refractivity contribution >= 4 is 23.3 Å². The monoisotopic (exact) mass is 148 g/mol. The number of guanidine groups is 1. The average molecular weight is 149 g/mol. The van der Waals surface area contributed by atoms with Crippen LogP contribution < -0.4 is 11.2 Å². The van der Waals surface area contributed by atoms with Crippen molar-refractivity contribution in [2.45, 2.75) is 6.92 Å². The Morgan fingerprint density at radius 2 is 2.44 bits per heavy atom. The van der Waals surface area contributed by atoms with E-state index in [1.807, 2.05) is 0 Å². The fourth-order valence-corrected chi connectivity index (χ4v) is 0.245. The molecule has 9 heavy (non-hydrogen) atoms. The molecule has 0 rings (SSSR count). The van der Waals surface area contributed by atoms with Crippen LogP contribution in [-0.2, 0) is 0 Å². The molecule has 0 spiro atoms. The van der Waals surface area contributed by atoms with Crippen LogP contribution in [-0.4, -0.2) is 17.6 Å². The number of nitrogens with two attached hydrogens (primary N) is 1. The standard InChI is InChI=1S/C4H9ClN4/c1-3(2-5)8-9-4(6)7/h2H2,1H3,(H4,6,7,9)/b8-3+. The van der Waals surface area contributed by atoms with Crippen molar-refractivity contribution in [2.24, 2.45) is 10.8 Å². The summed E-state index contributed by atoms with van der Waals surface area (Å²) in [5.74, 6) is 0.166. The van der Waals surface area contributed by atoms with Gasteiger partial charge >= 0.3 is 0 Å². The zero-order valence-electron chi connectivity index (χ0n) is 5.11. The molecule has 0 heterocycles. The maximum atomic E-state index is 6.68. The summed E-state index contributed by atoms with van der Waals surface area (Å²) >= 11 is 5.35. The van der Waals surface area contributed by atoms with Gasteiger partial charge < -0.3 is 5.73 Å². The molecule has 0 aromatic rings. The SMILES string of the molecule is C/C(CCl)=N\NC(=N)N. The molecule has 0 saturated heterocycles. The first-order chi connectivity index (χ1) is 4.16. The summed E-state index contributed by atoms with van der Waals surface area (Å²) in [5, 5.41) is 10.3. The molecule has 0 radical (unpaired) electrons. The Hall–Kier alpha value is -0.770. The molecule has 0 unspecified atom stereocenters. The van der Waals surface area contributed by atoms with E-state index in [0.29, 0.717) is 11.6 Å². The Labute approximate surface area is 58.6 Å². The topological polar surface area (TPSA) is 74.3 Å². The third-order valence-electron chi connectivity index (χ3n) is 0.561. The van der Waals surface area contributed by atoms with Crippen LogP contribution in [0, 0.1) is 5.41 Å². The quantitative estimate of drug-likeness (QED) is 0.225. The maximum absolute atomic E-state index is 6.68. The van der Waals surface area contributed by atoms with Crippen molar-refractivity contribution in [1.82, 2.24) is 5.43 Å². The number of hydrazone groups is 1. The van der Waals surface area contributed by atoms with Crippen LogP contribution in [0.3, 0.4) is 0 Å². The van der Waals surface area contributed by atoms with E-state index in [4.69, 9.17) is 22.7 Å². The molecule has 4 nitrogen and oxygen atoms in total. The normalized spacial score (nSPS) is 11.1. The van der Waals surface area contributed by atoms with Gasteiger partial charge in [0.25, 0.3) is 0 Å². The summed E-state index contributed by atoms with van der Waals surface area (Å²) in [7, 11) is 0. The average Bonchev–Trinajstić information content (AvgIpc) is 1.83. The number of alkyl halides is 1. The van der Waals surface area contributed by atoms with E-state index in [2.05, 4.69) is 10.5 Å². The Kier molecular flexibility index (Phi) is 3.79.